The summed E-state index contributed by atoms with van der Waals surface area (Å²) in [6.45, 7) is -0.486. The molecule has 1 amide bonds. The van der Waals surface area contributed by atoms with Gasteiger partial charge in [0.1, 0.15) is 6.54 Å². The molecule has 0 aromatic heterocycles. The van der Waals surface area contributed by atoms with Crippen LogP contribution in [0.2, 0.25) is 0 Å². The van der Waals surface area contributed by atoms with Gasteiger partial charge < -0.3 is 14.4 Å². The largest absolute Gasteiger partial charge is 0.451 e. The molecule has 0 N–H and O–H groups in total. The van der Waals surface area contributed by atoms with Crippen LogP contribution >= 0.6 is 0 Å². The van der Waals surface area contributed by atoms with Gasteiger partial charge in [-0.15, -0.1) is 12.8 Å². The summed E-state index contributed by atoms with van der Waals surface area (Å²) in [5.41, 5.74) is 0. The Labute approximate surface area is 88.3 Å². The van der Waals surface area contributed by atoms with E-state index in [0.29, 0.717) is 0 Å². The van der Waals surface area contributed by atoms with Crippen molar-refractivity contribution in [3.8, 4) is 24.7 Å². The lowest BCUT2D eigenvalue weighted by atomic mass is 10.6. The van der Waals surface area contributed by atoms with E-state index < -0.39 is 12.1 Å². The van der Waals surface area contributed by atoms with Crippen molar-refractivity contribution in [2.24, 2.45) is 0 Å². The number of carbonyl (C=O) groups excluding carboxylic acids is 2. The Kier molecular flexibility index (Phi) is 6.24. The van der Waals surface area contributed by atoms with Crippen molar-refractivity contribution in [3.05, 3.63) is 0 Å². The van der Waals surface area contributed by atoms with Gasteiger partial charge in [0.2, 0.25) is 0 Å². The average molecular weight is 209 g/mol. The quantitative estimate of drug-likeness (QED) is 0.478. The summed E-state index contributed by atoms with van der Waals surface area (Å²) in [6, 6.07) is 0. The average Bonchev–Trinajstić information content (AvgIpc) is 2.22. The van der Waals surface area contributed by atoms with E-state index in [0.717, 1.165) is 4.90 Å². The zero-order valence-corrected chi connectivity index (χ0v) is 8.36. The molecule has 0 saturated heterocycles. The Morgan fingerprint density at radius 2 is 1.73 bits per heavy atom. The first kappa shape index (κ1) is 12.9. The van der Waals surface area contributed by atoms with Crippen LogP contribution in [0, 0.1) is 24.7 Å². The lowest BCUT2D eigenvalue weighted by molar-refractivity contribution is -0.142. The van der Waals surface area contributed by atoms with Gasteiger partial charge in [0.25, 0.3) is 0 Å². The Hall–Kier alpha value is -2.14. The van der Waals surface area contributed by atoms with Crippen LogP contribution in [-0.2, 0) is 14.3 Å². The summed E-state index contributed by atoms with van der Waals surface area (Å²) >= 11 is 0. The first-order chi connectivity index (χ1) is 7.11. The molecule has 0 aromatic rings. The summed E-state index contributed by atoms with van der Waals surface area (Å²) in [5, 5.41) is 0. The van der Waals surface area contributed by atoms with Gasteiger partial charge in [0.05, 0.1) is 0 Å². The first-order valence-corrected chi connectivity index (χ1v) is 4.02. The van der Waals surface area contributed by atoms with Crippen LogP contribution in [0.5, 0.6) is 0 Å². The highest BCUT2D eigenvalue weighted by Crippen LogP contribution is 1.91. The van der Waals surface area contributed by atoms with Gasteiger partial charge in [0.15, 0.2) is 13.2 Å². The Morgan fingerprint density at radius 3 is 2.27 bits per heavy atom. The SMILES string of the molecule is C#CCOC(=O)CN(C)C(=O)OCC#C. The molecule has 0 aliphatic carbocycles. The minimum atomic E-state index is -0.689. The van der Waals surface area contributed by atoms with Crippen LogP contribution in [0.15, 0.2) is 0 Å². The monoisotopic (exact) mass is 209 g/mol. The normalized spacial score (nSPS) is 8.20. The van der Waals surface area contributed by atoms with E-state index in [1.807, 2.05) is 0 Å². The maximum Gasteiger partial charge on any atom is 0.410 e. The van der Waals surface area contributed by atoms with Crippen LogP contribution in [-0.4, -0.2) is 43.8 Å². The van der Waals surface area contributed by atoms with E-state index in [4.69, 9.17) is 12.8 Å². The number of likely N-dealkylation sites (N-methyl/N-ethyl adjacent to an activating group) is 1. The van der Waals surface area contributed by atoms with Gasteiger partial charge in [0, 0.05) is 7.05 Å². The fraction of sp³-hybridized carbons (Fsp3) is 0.400. The number of hydrogen-bond donors (Lipinski definition) is 0. The van der Waals surface area contributed by atoms with Crippen molar-refractivity contribution >= 4 is 12.1 Å². The number of hydrogen-bond acceptors (Lipinski definition) is 4. The Bertz CT molecular complexity index is 310. The molecule has 0 saturated carbocycles. The highest BCUT2D eigenvalue weighted by Gasteiger charge is 2.14. The fourth-order valence-corrected chi connectivity index (χ4v) is 0.640. The molecular weight excluding hydrogens is 198 g/mol. The van der Waals surface area contributed by atoms with Gasteiger partial charge in [-0.1, -0.05) is 11.8 Å². The van der Waals surface area contributed by atoms with Crippen molar-refractivity contribution in [2.75, 3.05) is 26.8 Å². The van der Waals surface area contributed by atoms with E-state index in [1.165, 1.54) is 7.05 Å². The third-order valence-corrected chi connectivity index (χ3v) is 1.27. The summed E-state index contributed by atoms with van der Waals surface area (Å²) in [6.07, 6.45) is 9.07. The van der Waals surface area contributed by atoms with Gasteiger partial charge in [-0.3, -0.25) is 4.79 Å². The standard InChI is InChI=1S/C10H11NO4/c1-4-6-14-9(12)8-11(3)10(13)15-7-5-2/h1-2H,6-8H2,3H3. The maximum absolute atomic E-state index is 11.1. The first-order valence-electron chi connectivity index (χ1n) is 4.02. The summed E-state index contributed by atoms with van der Waals surface area (Å²) < 4.78 is 9.11. The number of esters is 1. The molecule has 0 radical (unpaired) electrons. The molecular formula is C10H11NO4. The van der Waals surface area contributed by atoms with Gasteiger partial charge in [-0.25, -0.2) is 4.79 Å². The summed E-state index contributed by atoms with van der Waals surface area (Å²) in [7, 11) is 1.38. The molecule has 0 heterocycles. The number of amides is 1. The second-order valence-corrected chi connectivity index (χ2v) is 2.48. The van der Waals surface area contributed by atoms with E-state index in [1.54, 1.807) is 0 Å². The highest BCUT2D eigenvalue weighted by atomic mass is 16.6. The third kappa shape index (κ3) is 6.00. The lowest BCUT2D eigenvalue weighted by Crippen LogP contribution is -2.33. The van der Waals surface area contributed by atoms with Crippen LogP contribution in [0.4, 0.5) is 4.79 Å². The zero-order valence-electron chi connectivity index (χ0n) is 8.36. The molecule has 0 aromatic carbocycles. The molecule has 5 heteroatoms. The molecule has 0 aliphatic heterocycles. The number of ether oxygens (including phenoxy) is 2. The topological polar surface area (TPSA) is 55.8 Å². The lowest BCUT2D eigenvalue weighted by Gasteiger charge is -2.14. The van der Waals surface area contributed by atoms with E-state index >= 15 is 0 Å². The predicted molar refractivity (Wildman–Crippen MR) is 52.6 cm³/mol. The van der Waals surface area contributed by atoms with Crippen molar-refractivity contribution in [1.29, 1.82) is 0 Å². The molecule has 0 spiro atoms. The van der Waals surface area contributed by atoms with Crippen LogP contribution in [0.1, 0.15) is 0 Å². The van der Waals surface area contributed by atoms with E-state index in [9.17, 15) is 9.59 Å². The van der Waals surface area contributed by atoms with Crippen molar-refractivity contribution in [3.63, 3.8) is 0 Å². The maximum atomic E-state index is 11.1. The highest BCUT2D eigenvalue weighted by molar-refractivity contribution is 5.77. The van der Waals surface area contributed by atoms with Crippen molar-refractivity contribution < 1.29 is 19.1 Å². The third-order valence-electron chi connectivity index (χ3n) is 1.27. The second-order valence-electron chi connectivity index (χ2n) is 2.48. The minimum Gasteiger partial charge on any atom is -0.451 e. The fourth-order valence-electron chi connectivity index (χ4n) is 0.640. The number of rotatable bonds is 4. The second kappa shape index (κ2) is 7.28. The zero-order chi connectivity index (χ0) is 11.7. The van der Waals surface area contributed by atoms with Crippen LogP contribution in [0.25, 0.3) is 0 Å². The number of nitrogens with zero attached hydrogens (tertiary/aromatic N) is 1. The Balaban J connectivity index is 3.87. The molecule has 0 atom stereocenters. The summed E-state index contributed by atoms with van der Waals surface area (Å²) in [4.78, 5) is 23.1. The van der Waals surface area contributed by atoms with Crippen molar-refractivity contribution in [2.45, 2.75) is 0 Å². The molecule has 80 valence electrons. The van der Waals surface area contributed by atoms with E-state index in [-0.39, 0.29) is 19.8 Å². The molecule has 0 unspecified atom stereocenters. The smallest absolute Gasteiger partial charge is 0.410 e. The van der Waals surface area contributed by atoms with Gasteiger partial charge in [-0.2, -0.15) is 0 Å². The number of terminal acetylenes is 2. The number of carbonyl (C=O) groups is 2. The molecule has 0 aliphatic rings. The summed E-state index contributed by atoms with van der Waals surface area (Å²) in [5.74, 6) is 3.66. The molecule has 5 nitrogen and oxygen atoms in total. The van der Waals surface area contributed by atoms with Crippen LogP contribution in [0.3, 0.4) is 0 Å². The Morgan fingerprint density at radius 1 is 1.20 bits per heavy atom. The minimum absolute atomic E-state index is 0.119. The predicted octanol–water partition coefficient (Wildman–Crippen LogP) is -0.136. The van der Waals surface area contributed by atoms with Gasteiger partial charge in [-0.05, 0) is 0 Å². The molecule has 0 rings (SSSR count). The van der Waals surface area contributed by atoms with E-state index in [2.05, 4.69) is 21.3 Å². The molecule has 0 bridgehead atoms. The molecule has 15 heavy (non-hydrogen) atoms. The van der Waals surface area contributed by atoms with Crippen molar-refractivity contribution in [1.82, 2.24) is 4.90 Å². The molecule has 0 fully saturated rings. The van der Waals surface area contributed by atoms with Crippen LogP contribution < -0.4 is 0 Å². The van der Waals surface area contributed by atoms with Gasteiger partial charge >= 0.3 is 12.1 Å².